The number of nitrogens with one attached hydrogen (secondary N) is 2. The van der Waals surface area contributed by atoms with Crippen LogP contribution >= 0.6 is 12.2 Å². The second-order valence-electron chi connectivity index (χ2n) is 6.57. The van der Waals surface area contributed by atoms with Crippen LogP contribution in [-0.4, -0.2) is 28.5 Å². The maximum Gasteiger partial charge on any atom is 0.262 e. The molecule has 150 valence electrons. The number of rotatable bonds is 7. The monoisotopic (exact) mass is 408 g/mol. The van der Waals surface area contributed by atoms with Crippen molar-refractivity contribution in [1.82, 2.24) is 9.55 Å². The van der Waals surface area contributed by atoms with E-state index in [9.17, 15) is 9.59 Å². The van der Waals surface area contributed by atoms with Gasteiger partial charge in [0.2, 0.25) is 0 Å². The average molecular weight is 409 g/mol. The molecule has 29 heavy (non-hydrogen) atoms. The highest BCUT2D eigenvalue weighted by atomic mass is 32.1. The molecule has 0 aliphatic rings. The van der Waals surface area contributed by atoms with Crippen LogP contribution in [0.1, 0.15) is 24.2 Å². The van der Waals surface area contributed by atoms with Gasteiger partial charge >= 0.3 is 0 Å². The fraction of sp³-hybridized carbons (Fsp3) is 0.227. The molecule has 1 aromatic heterocycles. The quantitative estimate of drug-likeness (QED) is 0.451. The Kier molecular flexibility index (Phi) is 6.29. The third kappa shape index (κ3) is 4.30. The number of anilines is 2. The third-order valence-electron chi connectivity index (χ3n) is 4.81. The lowest BCUT2D eigenvalue weighted by molar-refractivity contribution is 0.102. The standard InChI is InChI=1S/C22H24N4O2S/c1-4-13-26-21(28)18-12-7-15(14-19(18)24-22(26)29)20(27)23-16-8-10-17(11-9-16)25(5-2)6-3/h4,7-12,14H,1,5-6,13H2,2-3H3,(H,23,27)(H,24,29). The van der Waals surface area contributed by atoms with Gasteiger partial charge in [0.1, 0.15) is 0 Å². The number of carbonyl (C=O) groups is 1. The zero-order valence-corrected chi connectivity index (χ0v) is 17.4. The second-order valence-corrected chi connectivity index (χ2v) is 6.95. The van der Waals surface area contributed by atoms with Crippen molar-refractivity contribution in [3.63, 3.8) is 0 Å². The number of fused-ring (bicyclic) bond motifs is 1. The van der Waals surface area contributed by atoms with Gasteiger partial charge in [-0.05, 0) is 68.5 Å². The van der Waals surface area contributed by atoms with E-state index in [-0.39, 0.29) is 11.5 Å². The van der Waals surface area contributed by atoms with Crippen LogP contribution in [0.25, 0.3) is 10.9 Å². The van der Waals surface area contributed by atoms with Crippen LogP contribution in [0.4, 0.5) is 11.4 Å². The summed E-state index contributed by atoms with van der Waals surface area (Å²) in [6, 6.07) is 12.7. The molecule has 7 heteroatoms. The SMILES string of the molecule is C=CCn1c(=S)[nH]c2cc(C(=O)Nc3ccc(N(CC)CC)cc3)ccc2c1=O. The maximum absolute atomic E-state index is 12.7. The fourth-order valence-corrected chi connectivity index (χ4v) is 3.51. The van der Waals surface area contributed by atoms with Crippen LogP contribution < -0.4 is 15.8 Å². The Morgan fingerprint density at radius 2 is 1.90 bits per heavy atom. The largest absolute Gasteiger partial charge is 0.372 e. The molecular formula is C22H24N4O2S. The molecule has 0 unspecified atom stereocenters. The van der Waals surface area contributed by atoms with E-state index in [1.54, 1.807) is 24.3 Å². The summed E-state index contributed by atoms with van der Waals surface area (Å²) in [4.78, 5) is 30.5. The van der Waals surface area contributed by atoms with Gasteiger partial charge in [0.05, 0.1) is 10.9 Å². The minimum Gasteiger partial charge on any atom is -0.372 e. The first-order valence-corrected chi connectivity index (χ1v) is 9.93. The topological polar surface area (TPSA) is 70.1 Å². The number of allylic oxidation sites excluding steroid dienone is 1. The van der Waals surface area contributed by atoms with Crippen molar-refractivity contribution in [2.24, 2.45) is 0 Å². The Bertz CT molecular complexity index is 1160. The van der Waals surface area contributed by atoms with E-state index in [0.717, 1.165) is 18.8 Å². The van der Waals surface area contributed by atoms with Crippen molar-refractivity contribution in [3.05, 3.63) is 75.8 Å². The number of aromatic amines is 1. The van der Waals surface area contributed by atoms with Crippen LogP contribution in [0.2, 0.25) is 0 Å². The molecule has 0 spiro atoms. The molecule has 1 amide bonds. The number of hydrogen-bond donors (Lipinski definition) is 2. The van der Waals surface area contributed by atoms with Crippen LogP contribution in [0.5, 0.6) is 0 Å². The smallest absolute Gasteiger partial charge is 0.262 e. The van der Waals surface area contributed by atoms with E-state index in [1.165, 1.54) is 4.57 Å². The number of aromatic nitrogens is 2. The molecule has 6 nitrogen and oxygen atoms in total. The Morgan fingerprint density at radius 1 is 1.21 bits per heavy atom. The Hall–Kier alpha value is -3.19. The van der Waals surface area contributed by atoms with E-state index < -0.39 is 0 Å². The van der Waals surface area contributed by atoms with E-state index >= 15 is 0 Å². The molecule has 0 fully saturated rings. The average Bonchev–Trinajstić information content (AvgIpc) is 2.72. The maximum atomic E-state index is 12.7. The molecule has 0 aliphatic carbocycles. The summed E-state index contributed by atoms with van der Waals surface area (Å²) in [5.74, 6) is -0.253. The van der Waals surface area contributed by atoms with Gasteiger partial charge in [-0.15, -0.1) is 6.58 Å². The summed E-state index contributed by atoms with van der Waals surface area (Å²) in [5.41, 5.74) is 2.59. The summed E-state index contributed by atoms with van der Waals surface area (Å²) in [5, 5.41) is 3.36. The first-order chi connectivity index (χ1) is 14.0. The van der Waals surface area contributed by atoms with Crippen LogP contribution in [0.3, 0.4) is 0 Å². The fourth-order valence-electron chi connectivity index (χ4n) is 3.24. The van der Waals surface area contributed by atoms with E-state index in [2.05, 4.69) is 35.6 Å². The lowest BCUT2D eigenvalue weighted by Crippen LogP contribution is -2.22. The summed E-state index contributed by atoms with van der Waals surface area (Å²) in [6.07, 6.45) is 1.62. The molecule has 3 aromatic rings. The summed E-state index contributed by atoms with van der Waals surface area (Å²) >= 11 is 5.25. The Balaban J connectivity index is 1.86. The van der Waals surface area contributed by atoms with Crippen molar-refractivity contribution in [2.75, 3.05) is 23.3 Å². The highest BCUT2D eigenvalue weighted by molar-refractivity contribution is 7.71. The van der Waals surface area contributed by atoms with Crippen molar-refractivity contribution >= 4 is 40.4 Å². The molecule has 2 N–H and O–H groups in total. The van der Waals surface area contributed by atoms with Crippen molar-refractivity contribution in [3.8, 4) is 0 Å². The van der Waals surface area contributed by atoms with Gasteiger partial charge in [0.15, 0.2) is 4.77 Å². The summed E-state index contributed by atoms with van der Waals surface area (Å²) in [6.45, 7) is 10.0. The van der Waals surface area contributed by atoms with E-state index in [4.69, 9.17) is 12.2 Å². The highest BCUT2D eigenvalue weighted by Gasteiger charge is 2.11. The number of hydrogen-bond acceptors (Lipinski definition) is 4. The van der Waals surface area contributed by atoms with Crippen LogP contribution in [-0.2, 0) is 6.54 Å². The molecule has 2 aromatic carbocycles. The molecule has 0 atom stereocenters. The van der Waals surface area contributed by atoms with Gasteiger partial charge in [-0.1, -0.05) is 6.08 Å². The number of carbonyl (C=O) groups excluding carboxylic acids is 1. The molecule has 0 saturated carbocycles. The first-order valence-electron chi connectivity index (χ1n) is 9.52. The highest BCUT2D eigenvalue weighted by Crippen LogP contribution is 2.19. The van der Waals surface area contributed by atoms with Crippen molar-refractivity contribution in [2.45, 2.75) is 20.4 Å². The van der Waals surface area contributed by atoms with Crippen molar-refractivity contribution in [1.29, 1.82) is 0 Å². The lowest BCUT2D eigenvalue weighted by Gasteiger charge is -2.21. The molecule has 0 aliphatic heterocycles. The molecule has 0 bridgehead atoms. The minimum absolute atomic E-state index is 0.206. The number of nitrogens with zero attached hydrogens (tertiary/aromatic N) is 2. The van der Waals surface area contributed by atoms with Crippen molar-refractivity contribution < 1.29 is 4.79 Å². The summed E-state index contributed by atoms with van der Waals surface area (Å²) < 4.78 is 1.73. The first kappa shape index (κ1) is 20.5. The van der Waals surface area contributed by atoms with Crippen LogP contribution in [0, 0.1) is 4.77 Å². The predicted octanol–water partition coefficient (Wildman–Crippen LogP) is 4.34. The van der Waals surface area contributed by atoms with Gasteiger partial charge in [-0.2, -0.15) is 0 Å². The Morgan fingerprint density at radius 3 is 2.52 bits per heavy atom. The number of H-pyrrole nitrogens is 1. The molecule has 1 heterocycles. The number of amides is 1. The molecule has 3 rings (SSSR count). The molecule has 0 radical (unpaired) electrons. The van der Waals surface area contributed by atoms with Crippen LogP contribution in [0.15, 0.2) is 59.9 Å². The summed E-state index contributed by atoms with van der Waals surface area (Å²) in [7, 11) is 0. The molecular weight excluding hydrogens is 384 g/mol. The third-order valence-corrected chi connectivity index (χ3v) is 5.13. The van der Waals surface area contributed by atoms with Gasteiger partial charge < -0.3 is 15.2 Å². The van der Waals surface area contributed by atoms with E-state index in [0.29, 0.717) is 33.5 Å². The minimum atomic E-state index is -0.253. The van der Waals surface area contributed by atoms with Gasteiger partial charge in [-0.3, -0.25) is 14.2 Å². The molecule has 0 saturated heterocycles. The second kappa shape index (κ2) is 8.87. The zero-order chi connectivity index (χ0) is 21.0. The van der Waals surface area contributed by atoms with Gasteiger partial charge in [-0.25, -0.2) is 0 Å². The predicted molar refractivity (Wildman–Crippen MR) is 122 cm³/mol. The van der Waals surface area contributed by atoms with Gasteiger partial charge in [0.25, 0.3) is 11.5 Å². The Labute approximate surface area is 174 Å². The lowest BCUT2D eigenvalue weighted by atomic mass is 10.1. The zero-order valence-electron chi connectivity index (χ0n) is 16.6. The van der Waals surface area contributed by atoms with Gasteiger partial charge in [0, 0.05) is 36.6 Å². The normalized spacial score (nSPS) is 10.7. The van der Waals surface area contributed by atoms with E-state index in [1.807, 2.05) is 24.3 Å². The number of benzene rings is 2.